The molecule has 2 bridgehead atoms. The number of aromatic amines is 1. The van der Waals surface area contributed by atoms with Crippen molar-refractivity contribution in [2.45, 2.75) is 119 Å². The van der Waals surface area contributed by atoms with Crippen LogP contribution in [0.3, 0.4) is 0 Å². The molecule has 6 aliphatic rings. The number of fused-ring (bicyclic) bond motifs is 6. The topological polar surface area (TPSA) is 186 Å². The molecule has 1 aliphatic carbocycles. The van der Waals surface area contributed by atoms with Crippen LogP contribution >= 0.6 is 7.60 Å². The van der Waals surface area contributed by atoms with E-state index in [4.69, 9.17) is 18.5 Å². The Labute approximate surface area is 417 Å². The molecule has 4 aromatic rings. The summed E-state index contributed by atoms with van der Waals surface area (Å²) >= 11 is 0. The lowest BCUT2D eigenvalue weighted by Gasteiger charge is -2.63. The second kappa shape index (κ2) is 18.4. The van der Waals surface area contributed by atoms with Crippen LogP contribution in [-0.4, -0.2) is 144 Å². The van der Waals surface area contributed by atoms with Crippen LogP contribution in [0.15, 0.2) is 78.9 Å². The number of anilines is 1. The third-order valence-electron chi connectivity index (χ3n) is 17.8. The maximum Gasteiger partial charge on any atom is 0.353 e. The minimum absolute atomic E-state index is 0.0477. The van der Waals surface area contributed by atoms with Crippen molar-refractivity contribution in [1.82, 2.24) is 20.1 Å². The number of ether oxygens (including phenoxy) is 2. The molecule has 2 saturated heterocycles. The predicted octanol–water partition coefficient (Wildman–Crippen LogP) is 6.20. The number of carbonyl (C=O) groups is 2. The number of rotatable bonds is 14. The van der Waals surface area contributed by atoms with Crippen molar-refractivity contribution in [2.24, 2.45) is 11.3 Å². The number of hydrogen-bond donors (Lipinski definition) is 5. The van der Waals surface area contributed by atoms with Crippen molar-refractivity contribution in [3.63, 3.8) is 0 Å². The Hall–Kier alpha value is -4.57. The van der Waals surface area contributed by atoms with Gasteiger partial charge in [-0.25, -0.2) is 0 Å². The molecule has 382 valence electrons. The minimum atomic E-state index is -4.08. The summed E-state index contributed by atoms with van der Waals surface area (Å²) in [5.41, 5.74) is -1.65. The average Bonchev–Trinajstić information content (AvgIpc) is 4.04. The zero-order chi connectivity index (χ0) is 50.3. The van der Waals surface area contributed by atoms with Gasteiger partial charge in [0.1, 0.15) is 23.1 Å². The first kappa shape index (κ1) is 50.0. The molecule has 1 amide bonds. The molecule has 10 rings (SSSR count). The average molecular weight is 994 g/mol. The summed E-state index contributed by atoms with van der Waals surface area (Å²) in [6, 6.07) is 20.0. The van der Waals surface area contributed by atoms with Gasteiger partial charge in [0, 0.05) is 90.4 Å². The van der Waals surface area contributed by atoms with E-state index in [1.807, 2.05) is 92.5 Å². The number of likely N-dealkylation sites (N-methyl/N-ethyl adjacent to an activating group) is 1. The van der Waals surface area contributed by atoms with Crippen LogP contribution in [0, 0.1) is 11.3 Å². The molecular weight excluding hydrogens is 922 g/mol. The SMILES string of the molecule is CCOP(=O)(OCC)C(Cc1ccccc1)NC(=O)[C@@]1(O)[C@H](O)[C@]2(CC)C=CCN3CC[C@@]4(c5cc([C@@]6(C(=O)OC)C[C@@H]7CN(CCc8c6[nH]c6ccccc86)C[C@](O)(CC)C7)c(OC)cc5N(C)[C@@H]14)[C@@H]32. The Morgan fingerprint density at radius 3 is 2.35 bits per heavy atom. The number of methoxy groups -OCH3 is 2. The summed E-state index contributed by atoms with van der Waals surface area (Å²) in [6.07, 6.45) is 5.31. The zero-order valence-electron chi connectivity index (χ0n) is 42.3. The highest BCUT2D eigenvalue weighted by Gasteiger charge is 2.79. The lowest BCUT2D eigenvalue weighted by molar-refractivity contribution is -0.203. The summed E-state index contributed by atoms with van der Waals surface area (Å²) in [5.74, 6) is -2.30. The molecule has 3 fully saturated rings. The van der Waals surface area contributed by atoms with E-state index in [9.17, 15) is 19.9 Å². The zero-order valence-corrected chi connectivity index (χ0v) is 43.2. The van der Waals surface area contributed by atoms with Gasteiger partial charge in [-0.2, -0.15) is 0 Å². The number of hydrogen-bond acceptors (Lipinski definition) is 13. The van der Waals surface area contributed by atoms with E-state index in [1.165, 1.54) is 7.11 Å². The second-order valence-electron chi connectivity index (χ2n) is 21.2. The highest BCUT2D eigenvalue weighted by Crippen LogP contribution is 2.68. The molecule has 2 unspecified atom stereocenters. The number of H-pyrrole nitrogens is 1. The number of amides is 1. The molecule has 3 aromatic carbocycles. The van der Waals surface area contributed by atoms with Gasteiger partial charge >= 0.3 is 13.6 Å². The van der Waals surface area contributed by atoms with E-state index in [0.29, 0.717) is 88.2 Å². The number of benzene rings is 3. The Balaban J connectivity index is 1.21. The highest BCUT2D eigenvalue weighted by molar-refractivity contribution is 7.54. The van der Waals surface area contributed by atoms with Crippen molar-refractivity contribution in [3.8, 4) is 5.75 Å². The van der Waals surface area contributed by atoms with Gasteiger partial charge in [-0.3, -0.25) is 24.0 Å². The number of aliphatic hydroxyl groups is 3. The summed E-state index contributed by atoms with van der Waals surface area (Å²) in [6.45, 7) is 10.6. The summed E-state index contributed by atoms with van der Waals surface area (Å²) in [4.78, 5) is 41.8. The molecule has 5 N–H and O–H groups in total. The molecule has 0 radical (unpaired) electrons. The quantitative estimate of drug-likeness (QED) is 0.0547. The summed E-state index contributed by atoms with van der Waals surface area (Å²) in [5, 5.41) is 43.3. The van der Waals surface area contributed by atoms with Crippen molar-refractivity contribution in [3.05, 3.63) is 107 Å². The van der Waals surface area contributed by atoms with E-state index >= 15 is 9.59 Å². The van der Waals surface area contributed by atoms with Gasteiger partial charge in [-0.05, 0) is 93.7 Å². The number of nitrogens with zero attached hydrogens (tertiary/aromatic N) is 3. The van der Waals surface area contributed by atoms with Crippen LogP contribution in [0.5, 0.6) is 5.75 Å². The fraction of sp³-hybridized carbons (Fsp3) is 0.564. The first-order valence-electron chi connectivity index (χ1n) is 25.7. The van der Waals surface area contributed by atoms with Crippen molar-refractivity contribution in [2.75, 3.05) is 72.1 Å². The number of aliphatic hydroxyl groups excluding tert-OH is 1. The van der Waals surface area contributed by atoms with E-state index in [0.717, 1.165) is 33.3 Å². The van der Waals surface area contributed by atoms with E-state index in [1.54, 1.807) is 21.0 Å². The van der Waals surface area contributed by atoms with Crippen LogP contribution in [0.25, 0.3) is 10.9 Å². The van der Waals surface area contributed by atoms with Gasteiger partial charge in [0.2, 0.25) is 0 Å². The van der Waals surface area contributed by atoms with Gasteiger partial charge < -0.3 is 49.0 Å². The van der Waals surface area contributed by atoms with E-state index in [-0.39, 0.29) is 25.6 Å². The number of piperidine rings is 1. The number of para-hydroxylation sites is 1. The Morgan fingerprint density at radius 1 is 0.930 bits per heavy atom. The molecule has 71 heavy (non-hydrogen) atoms. The van der Waals surface area contributed by atoms with Gasteiger partial charge in [0.15, 0.2) is 5.60 Å². The maximum atomic E-state index is 15.8. The monoisotopic (exact) mass is 994 g/mol. The van der Waals surface area contributed by atoms with Crippen LogP contribution in [0.2, 0.25) is 0 Å². The Morgan fingerprint density at radius 2 is 1.66 bits per heavy atom. The lowest BCUT2D eigenvalue weighted by Crippen LogP contribution is -2.82. The molecule has 11 atom stereocenters. The van der Waals surface area contributed by atoms with Crippen LogP contribution < -0.4 is 15.0 Å². The Bertz CT molecular complexity index is 2760. The smallest absolute Gasteiger partial charge is 0.353 e. The predicted molar refractivity (Wildman–Crippen MR) is 272 cm³/mol. The standard InChI is InChI=1S/C55H72N5O10P/c1-8-51(64)31-36-32-54(50(63)68-7,45-38(22-26-59(33-36)34-51)37-20-15-16-21-41(37)56-45)40-29-39-42(30-43(40)67-6)58(5)47-53(39)24-27-60-25-17-23-52(9-2,46(53)60)48(61)55(47,65)49(62)57-44(28-35-18-13-12-14-19-35)71(66,69-10-3)70-11-4/h12-21,23,29-30,36,44,46-48,56,61,64-65H,8-11,22,24-28,31-34H2,1-7H3,(H,57,62)/t36-,44?,46+,47-,48-,51+,52-,53-,54+,55+/m1/s1. The maximum absolute atomic E-state index is 15.8. The van der Waals surface area contributed by atoms with Crippen LogP contribution in [-0.2, 0) is 51.6 Å². The number of carbonyl (C=O) groups excluding carboxylic acids is 2. The van der Waals surface area contributed by atoms with Crippen molar-refractivity contribution >= 4 is 36.1 Å². The highest BCUT2D eigenvalue weighted by atomic mass is 31.2. The minimum Gasteiger partial charge on any atom is -0.496 e. The molecule has 1 spiro atoms. The van der Waals surface area contributed by atoms with E-state index in [2.05, 4.69) is 32.2 Å². The molecule has 1 saturated carbocycles. The summed E-state index contributed by atoms with van der Waals surface area (Å²) < 4.78 is 39.1. The molecule has 6 heterocycles. The van der Waals surface area contributed by atoms with Crippen molar-refractivity contribution in [1.29, 1.82) is 0 Å². The first-order chi connectivity index (χ1) is 34.1. The fourth-order valence-electron chi connectivity index (χ4n) is 15.0. The van der Waals surface area contributed by atoms with Gasteiger partial charge in [0.25, 0.3) is 5.91 Å². The van der Waals surface area contributed by atoms with Gasteiger partial charge in [-0.1, -0.05) is 74.5 Å². The largest absolute Gasteiger partial charge is 0.496 e. The Kier molecular flexibility index (Phi) is 13.0. The van der Waals surface area contributed by atoms with Crippen LogP contribution in [0.4, 0.5) is 5.69 Å². The fourth-order valence-corrected chi connectivity index (χ4v) is 16.8. The normalized spacial score (nSPS) is 33.5. The number of aromatic nitrogens is 1. The van der Waals surface area contributed by atoms with E-state index < -0.39 is 70.9 Å². The second-order valence-corrected chi connectivity index (χ2v) is 23.4. The first-order valence-corrected chi connectivity index (χ1v) is 27.3. The van der Waals surface area contributed by atoms with Crippen LogP contribution in [0.1, 0.15) is 87.7 Å². The molecule has 5 aliphatic heterocycles. The van der Waals surface area contributed by atoms with Crippen molar-refractivity contribution < 1.29 is 48.0 Å². The van der Waals surface area contributed by atoms with Gasteiger partial charge in [-0.15, -0.1) is 0 Å². The lowest BCUT2D eigenvalue weighted by atomic mass is 9.47. The molecule has 16 heteroatoms. The number of nitrogens with one attached hydrogen (secondary N) is 2. The summed E-state index contributed by atoms with van der Waals surface area (Å²) in [7, 11) is 0.792. The number of esters is 1. The molecular formula is C55H72N5O10P. The molecule has 1 aromatic heterocycles. The molecule has 15 nitrogen and oxygen atoms in total. The third-order valence-corrected chi connectivity index (χ3v) is 20.1. The third kappa shape index (κ3) is 7.34. The van der Waals surface area contributed by atoms with Gasteiger partial charge in [0.05, 0.1) is 39.1 Å².